The number of nitrogens with two attached hydrogens (primary N) is 1. The highest BCUT2D eigenvalue weighted by atomic mass is 31.2. The lowest BCUT2D eigenvalue weighted by atomic mass is 10.3. The lowest BCUT2D eigenvalue weighted by molar-refractivity contribution is -0.144. The minimum Gasteiger partial charge on any atom is -0.373 e. The molecule has 0 aromatic rings. The molecule has 0 aliphatic rings. The van der Waals surface area contributed by atoms with Crippen LogP contribution in [0.15, 0.2) is 0 Å². The fourth-order valence-corrected chi connectivity index (χ4v) is 1.06. The van der Waals surface area contributed by atoms with Gasteiger partial charge in [-0.3, -0.25) is 9.36 Å². The van der Waals surface area contributed by atoms with E-state index in [4.69, 9.17) is 9.79 Å². The van der Waals surface area contributed by atoms with Gasteiger partial charge >= 0.3 is 13.6 Å². The van der Waals surface area contributed by atoms with Crippen LogP contribution >= 0.6 is 7.60 Å². The maximum Gasteiger partial charge on any atom is 0.325 e. The molecule has 7 heteroatoms. The maximum absolute atomic E-state index is 10.3. The summed E-state index contributed by atoms with van der Waals surface area (Å²) in [5.74, 6) is 3.81. The summed E-state index contributed by atoms with van der Waals surface area (Å²) < 4.78 is 10.2. The van der Waals surface area contributed by atoms with Crippen molar-refractivity contribution in [2.45, 2.75) is 12.8 Å². The van der Waals surface area contributed by atoms with E-state index in [9.17, 15) is 9.36 Å². The van der Waals surface area contributed by atoms with Crippen LogP contribution in [0.4, 0.5) is 0 Å². The molecule has 0 saturated heterocycles. The van der Waals surface area contributed by atoms with E-state index in [-0.39, 0.29) is 19.0 Å². The van der Waals surface area contributed by atoms with Crippen molar-refractivity contribution in [2.75, 3.05) is 6.16 Å². The number of carbonyl (C=O) groups is 1. The summed E-state index contributed by atoms with van der Waals surface area (Å²) in [6, 6.07) is 0. The van der Waals surface area contributed by atoms with Crippen LogP contribution in [0, 0.1) is 0 Å². The Morgan fingerprint density at radius 2 is 2.09 bits per heavy atom. The van der Waals surface area contributed by atoms with Crippen LogP contribution in [-0.2, 0) is 14.2 Å². The zero-order valence-electron chi connectivity index (χ0n) is 5.77. The summed E-state index contributed by atoms with van der Waals surface area (Å²) in [6.45, 7) is 0. The van der Waals surface area contributed by atoms with Gasteiger partial charge in [0.25, 0.3) is 0 Å². The summed E-state index contributed by atoms with van der Waals surface area (Å²) in [6.07, 6.45) is -0.302. The third-order valence-electron chi connectivity index (χ3n) is 0.962. The Labute approximate surface area is 63.5 Å². The lowest BCUT2D eigenvalue weighted by Crippen LogP contribution is -2.09. The zero-order chi connectivity index (χ0) is 8.91. The molecular weight excluding hydrogens is 173 g/mol. The van der Waals surface area contributed by atoms with E-state index < -0.39 is 13.6 Å². The molecule has 0 radical (unpaired) electrons. The monoisotopic (exact) mass is 183 g/mol. The third kappa shape index (κ3) is 7.48. The van der Waals surface area contributed by atoms with E-state index in [1.807, 2.05) is 0 Å². The van der Waals surface area contributed by atoms with Gasteiger partial charge in [0.15, 0.2) is 0 Å². The Balaban J connectivity index is 3.43. The first kappa shape index (κ1) is 10.6. The molecule has 0 aromatic carbocycles. The summed E-state index contributed by atoms with van der Waals surface area (Å²) in [7, 11) is -3.98. The first-order valence-electron chi connectivity index (χ1n) is 2.90. The minimum absolute atomic E-state index is 0.0678. The SMILES string of the molecule is NOC(=O)CCCP(=O)(O)O. The average molecular weight is 183 g/mol. The summed E-state index contributed by atoms with van der Waals surface area (Å²) in [4.78, 5) is 30.7. The lowest BCUT2D eigenvalue weighted by Gasteiger charge is -2.01. The van der Waals surface area contributed by atoms with Crippen molar-refractivity contribution < 1.29 is 24.0 Å². The number of hydrogen-bond donors (Lipinski definition) is 3. The molecule has 0 heterocycles. The summed E-state index contributed by atoms with van der Waals surface area (Å²) in [5, 5.41) is 0. The topological polar surface area (TPSA) is 110 Å². The van der Waals surface area contributed by atoms with E-state index in [0.717, 1.165) is 0 Å². The molecule has 0 spiro atoms. The second-order valence-electron chi connectivity index (χ2n) is 1.98. The van der Waals surface area contributed by atoms with Crippen LogP contribution in [0.1, 0.15) is 12.8 Å². The number of rotatable bonds is 4. The van der Waals surface area contributed by atoms with Gasteiger partial charge in [0.1, 0.15) is 0 Å². The van der Waals surface area contributed by atoms with Gasteiger partial charge in [0.05, 0.1) is 6.16 Å². The molecule has 0 fully saturated rings. The van der Waals surface area contributed by atoms with Gasteiger partial charge in [-0.25, -0.2) is 0 Å². The fraction of sp³-hybridized carbons (Fsp3) is 0.750. The Morgan fingerprint density at radius 1 is 1.55 bits per heavy atom. The Morgan fingerprint density at radius 3 is 2.45 bits per heavy atom. The summed E-state index contributed by atoms with van der Waals surface area (Å²) in [5.41, 5.74) is 0. The number of hydrogen-bond acceptors (Lipinski definition) is 4. The van der Waals surface area contributed by atoms with Crippen molar-refractivity contribution in [1.82, 2.24) is 0 Å². The van der Waals surface area contributed by atoms with Crippen LogP contribution in [0.25, 0.3) is 0 Å². The molecule has 4 N–H and O–H groups in total. The molecule has 0 aromatic heterocycles. The number of carbonyl (C=O) groups excluding carboxylic acids is 1. The van der Waals surface area contributed by atoms with Gasteiger partial charge in [0.2, 0.25) is 0 Å². The van der Waals surface area contributed by atoms with Gasteiger partial charge in [-0.05, 0) is 6.42 Å². The predicted octanol–water partition coefficient (Wildman–Crippen LogP) is -0.639. The van der Waals surface area contributed by atoms with Crippen molar-refractivity contribution in [3.8, 4) is 0 Å². The molecule has 0 atom stereocenters. The van der Waals surface area contributed by atoms with Crippen LogP contribution in [0.5, 0.6) is 0 Å². The highest BCUT2D eigenvalue weighted by Gasteiger charge is 2.13. The molecule has 0 saturated carbocycles. The molecule has 11 heavy (non-hydrogen) atoms. The largest absolute Gasteiger partial charge is 0.373 e. The van der Waals surface area contributed by atoms with Crippen LogP contribution in [0.2, 0.25) is 0 Å². The van der Waals surface area contributed by atoms with E-state index in [2.05, 4.69) is 10.7 Å². The van der Waals surface area contributed by atoms with Crippen molar-refractivity contribution in [2.24, 2.45) is 5.90 Å². The fourth-order valence-electron chi connectivity index (χ4n) is 0.488. The molecule has 6 nitrogen and oxygen atoms in total. The van der Waals surface area contributed by atoms with Crippen LogP contribution in [-0.4, -0.2) is 21.9 Å². The highest BCUT2D eigenvalue weighted by molar-refractivity contribution is 7.51. The van der Waals surface area contributed by atoms with Gasteiger partial charge in [-0.15, -0.1) is 0 Å². The van der Waals surface area contributed by atoms with E-state index in [0.29, 0.717) is 0 Å². The molecule has 0 aliphatic carbocycles. The first-order valence-corrected chi connectivity index (χ1v) is 4.69. The van der Waals surface area contributed by atoms with Crippen molar-refractivity contribution in [3.05, 3.63) is 0 Å². The molecule has 0 aliphatic heterocycles. The predicted molar refractivity (Wildman–Crippen MR) is 36.4 cm³/mol. The van der Waals surface area contributed by atoms with Crippen molar-refractivity contribution in [3.63, 3.8) is 0 Å². The molecule has 0 unspecified atom stereocenters. The Bertz CT molecular complexity index is 175. The van der Waals surface area contributed by atoms with E-state index >= 15 is 0 Å². The maximum atomic E-state index is 10.3. The minimum atomic E-state index is -3.98. The normalized spacial score (nSPS) is 11.2. The summed E-state index contributed by atoms with van der Waals surface area (Å²) >= 11 is 0. The van der Waals surface area contributed by atoms with Gasteiger partial charge in [-0.2, -0.15) is 5.90 Å². The van der Waals surface area contributed by atoms with Gasteiger partial charge < -0.3 is 14.6 Å². The average Bonchev–Trinajstić information content (AvgIpc) is 1.85. The van der Waals surface area contributed by atoms with E-state index in [1.165, 1.54) is 0 Å². The molecule has 0 bridgehead atoms. The van der Waals surface area contributed by atoms with Crippen LogP contribution < -0.4 is 5.90 Å². The highest BCUT2D eigenvalue weighted by Crippen LogP contribution is 2.35. The first-order chi connectivity index (χ1) is 4.95. The smallest absolute Gasteiger partial charge is 0.325 e. The Hall–Kier alpha value is -0.420. The Kier molecular flexibility index (Phi) is 4.29. The molecule has 0 rings (SSSR count). The van der Waals surface area contributed by atoms with E-state index in [1.54, 1.807) is 0 Å². The van der Waals surface area contributed by atoms with Crippen molar-refractivity contribution >= 4 is 13.6 Å². The third-order valence-corrected chi connectivity index (χ3v) is 1.86. The standard InChI is InChI=1S/C4H10NO5P/c5-10-4(6)2-1-3-11(7,8)9/h1-3,5H2,(H2,7,8,9). The molecule has 66 valence electrons. The van der Waals surface area contributed by atoms with Gasteiger partial charge in [-0.1, -0.05) is 0 Å². The molecular formula is C4H10NO5P. The van der Waals surface area contributed by atoms with Crippen molar-refractivity contribution in [1.29, 1.82) is 0 Å². The molecule has 0 amide bonds. The second kappa shape index (κ2) is 4.46. The van der Waals surface area contributed by atoms with Crippen LogP contribution in [0.3, 0.4) is 0 Å². The zero-order valence-corrected chi connectivity index (χ0v) is 6.66. The van der Waals surface area contributed by atoms with Gasteiger partial charge in [0, 0.05) is 6.42 Å². The second-order valence-corrected chi connectivity index (χ2v) is 3.76. The quantitative estimate of drug-likeness (QED) is 0.395.